The van der Waals surface area contributed by atoms with Gasteiger partial charge in [-0.25, -0.2) is 9.37 Å². The molecule has 0 spiro atoms. The average molecular weight is 395 g/mol. The number of nitrogens with zero attached hydrogens (tertiary/aromatic N) is 5. The van der Waals surface area contributed by atoms with Gasteiger partial charge in [0.15, 0.2) is 0 Å². The fourth-order valence-corrected chi connectivity index (χ4v) is 3.39. The number of morpholine rings is 1. The number of aromatic nitrogens is 4. The van der Waals surface area contributed by atoms with Gasteiger partial charge < -0.3 is 20.7 Å². The van der Waals surface area contributed by atoms with Crippen LogP contribution in [0.4, 0.5) is 27.8 Å². The van der Waals surface area contributed by atoms with Crippen LogP contribution < -0.4 is 16.0 Å². The second-order valence-electron chi connectivity index (χ2n) is 6.76. The van der Waals surface area contributed by atoms with Gasteiger partial charge in [-0.1, -0.05) is 19.1 Å². The highest BCUT2D eigenvalue weighted by molar-refractivity contribution is 5.68. The fraction of sp³-hybridized carbons (Fsp3) is 0.300. The lowest BCUT2D eigenvalue weighted by molar-refractivity contribution is 0.122. The minimum absolute atomic E-state index is 0.117. The van der Waals surface area contributed by atoms with E-state index in [1.807, 2.05) is 6.92 Å². The van der Waals surface area contributed by atoms with Crippen molar-refractivity contribution >= 4 is 23.4 Å². The first-order valence-corrected chi connectivity index (χ1v) is 9.40. The highest BCUT2D eigenvalue weighted by Crippen LogP contribution is 2.37. The minimum atomic E-state index is -0.277. The zero-order valence-corrected chi connectivity index (χ0v) is 16.0. The van der Waals surface area contributed by atoms with Gasteiger partial charge in [-0.05, 0) is 17.7 Å². The van der Waals surface area contributed by atoms with Gasteiger partial charge in [0.25, 0.3) is 0 Å². The number of hydrogen-bond donors (Lipinski definition) is 2. The number of halogens is 1. The van der Waals surface area contributed by atoms with E-state index in [1.54, 1.807) is 30.7 Å². The van der Waals surface area contributed by atoms with Crippen molar-refractivity contribution in [3.63, 3.8) is 0 Å². The molecule has 0 amide bonds. The molecular weight excluding hydrogens is 373 g/mol. The fourth-order valence-electron chi connectivity index (χ4n) is 3.39. The number of anilines is 4. The molecule has 1 aliphatic rings. The molecule has 1 aromatic carbocycles. The highest BCUT2D eigenvalue weighted by Gasteiger charge is 2.26. The SMILES string of the molecule is CC(c1ccc(F)cc1)c1c(Nc2cnccn2)nc(N)nc1N1CCOCC1. The monoisotopic (exact) mass is 395 g/mol. The second kappa shape index (κ2) is 8.36. The number of ether oxygens (including phenoxy) is 1. The standard InChI is InChI=1S/C20H22FN7O/c1-13(14-2-4-15(21)5-3-14)17-18(25-16-12-23-6-7-24-16)26-20(22)27-19(17)28-8-10-29-11-9-28/h2-7,12-13H,8-11H2,1H3,(H3,22,24,25,26,27). The molecule has 1 fully saturated rings. The number of rotatable bonds is 5. The van der Waals surface area contributed by atoms with Crippen molar-refractivity contribution in [2.24, 2.45) is 0 Å². The molecule has 1 atom stereocenters. The van der Waals surface area contributed by atoms with Crippen LogP contribution in [0.3, 0.4) is 0 Å². The van der Waals surface area contributed by atoms with Crippen molar-refractivity contribution in [1.29, 1.82) is 0 Å². The van der Waals surface area contributed by atoms with E-state index in [4.69, 9.17) is 10.5 Å². The third-order valence-electron chi connectivity index (χ3n) is 4.87. The Bertz CT molecular complexity index is 963. The minimum Gasteiger partial charge on any atom is -0.378 e. The summed E-state index contributed by atoms with van der Waals surface area (Å²) in [6.07, 6.45) is 4.80. The van der Waals surface area contributed by atoms with Crippen LogP contribution in [0, 0.1) is 5.82 Å². The van der Waals surface area contributed by atoms with Crippen molar-refractivity contribution in [3.05, 3.63) is 59.8 Å². The van der Waals surface area contributed by atoms with E-state index in [9.17, 15) is 4.39 Å². The number of hydrogen-bond acceptors (Lipinski definition) is 8. The molecule has 3 aromatic rings. The molecule has 0 bridgehead atoms. The van der Waals surface area contributed by atoms with Crippen LogP contribution in [0.5, 0.6) is 0 Å². The van der Waals surface area contributed by atoms with Gasteiger partial charge in [0.2, 0.25) is 5.95 Å². The van der Waals surface area contributed by atoms with E-state index < -0.39 is 0 Å². The molecular formula is C20H22FN7O. The van der Waals surface area contributed by atoms with Gasteiger partial charge in [0.05, 0.1) is 19.4 Å². The summed E-state index contributed by atoms with van der Waals surface area (Å²) in [5.74, 6) is 1.60. The predicted molar refractivity (Wildman–Crippen MR) is 109 cm³/mol. The van der Waals surface area contributed by atoms with Gasteiger partial charge in [0, 0.05) is 37.0 Å². The molecule has 150 valence electrons. The van der Waals surface area contributed by atoms with E-state index in [-0.39, 0.29) is 17.7 Å². The van der Waals surface area contributed by atoms with Gasteiger partial charge in [0.1, 0.15) is 23.3 Å². The van der Waals surface area contributed by atoms with Crippen molar-refractivity contribution in [2.45, 2.75) is 12.8 Å². The molecule has 1 aliphatic heterocycles. The van der Waals surface area contributed by atoms with E-state index in [1.165, 1.54) is 12.1 Å². The third-order valence-corrected chi connectivity index (χ3v) is 4.87. The normalized spacial score (nSPS) is 15.2. The summed E-state index contributed by atoms with van der Waals surface area (Å²) in [6.45, 7) is 4.66. The summed E-state index contributed by atoms with van der Waals surface area (Å²) in [5.41, 5.74) is 7.84. The van der Waals surface area contributed by atoms with Crippen LogP contribution in [-0.4, -0.2) is 46.2 Å². The van der Waals surface area contributed by atoms with Crippen molar-refractivity contribution in [1.82, 2.24) is 19.9 Å². The number of nitrogens with one attached hydrogen (secondary N) is 1. The van der Waals surface area contributed by atoms with Crippen molar-refractivity contribution in [3.8, 4) is 0 Å². The number of nitrogens with two attached hydrogens (primary N) is 1. The number of nitrogen functional groups attached to an aromatic ring is 1. The van der Waals surface area contributed by atoms with E-state index in [0.29, 0.717) is 37.9 Å². The average Bonchev–Trinajstić information content (AvgIpc) is 2.75. The molecule has 4 rings (SSSR count). The van der Waals surface area contributed by atoms with Gasteiger partial charge >= 0.3 is 0 Å². The molecule has 29 heavy (non-hydrogen) atoms. The third kappa shape index (κ3) is 4.24. The maximum atomic E-state index is 13.5. The Morgan fingerprint density at radius 3 is 2.59 bits per heavy atom. The highest BCUT2D eigenvalue weighted by atomic mass is 19.1. The van der Waals surface area contributed by atoms with Crippen LogP contribution in [-0.2, 0) is 4.74 Å². The lowest BCUT2D eigenvalue weighted by Gasteiger charge is -2.31. The Balaban J connectivity index is 1.82. The smallest absolute Gasteiger partial charge is 0.223 e. The van der Waals surface area contributed by atoms with Gasteiger partial charge in [-0.2, -0.15) is 9.97 Å². The molecule has 3 N–H and O–H groups in total. The summed E-state index contributed by atoms with van der Waals surface area (Å²) in [4.78, 5) is 19.5. The Hall–Kier alpha value is -3.33. The predicted octanol–water partition coefficient (Wildman–Crippen LogP) is 2.72. The lowest BCUT2D eigenvalue weighted by Crippen LogP contribution is -2.38. The zero-order chi connectivity index (χ0) is 20.2. The number of benzene rings is 1. The van der Waals surface area contributed by atoms with Crippen LogP contribution >= 0.6 is 0 Å². The van der Waals surface area contributed by atoms with Crippen molar-refractivity contribution < 1.29 is 9.13 Å². The Labute approximate surface area is 168 Å². The summed E-state index contributed by atoms with van der Waals surface area (Å²) in [6, 6.07) is 6.44. The first-order valence-electron chi connectivity index (χ1n) is 9.40. The maximum absolute atomic E-state index is 13.5. The summed E-state index contributed by atoms with van der Waals surface area (Å²) in [5, 5.41) is 3.22. The lowest BCUT2D eigenvalue weighted by atomic mass is 9.93. The summed E-state index contributed by atoms with van der Waals surface area (Å²) < 4.78 is 18.9. The molecule has 0 aliphatic carbocycles. The molecule has 8 nitrogen and oxygen atoms in total. The Kier molecular flexibility index (Phi) is 5.48. The second-order valence-corrected chi connectivity index (χ2v) is 6.76. The topological polar surface area (TPSA) is 102 Å². The van der Waals surface area contributed by atoms with Crippen LogP contribution in [0.1, 0.15) is 24.0 Å². The molecule has 0 saturated carbocycles. The first kappa shape index (κ1) is 19.0. The van der Waals surface area contributed by atoms with E-state index in [0.717, 1.165) is 16.9 Å². The van der Waals surface area contributed by atoms with Crippen LogP contribution in [0.2, 0.25) is 0 Å². The van der Waals surface area contributed by atoms with Crippen LogP contribution in [0.15, 0.2) is 42.9 Å². The zero-order valence-electron chi connectivity index (χ0n) is 16.0. The van der Waals surface area contributed by atoms with Gasteiger partial charge in [-0.15, -0.1) is 0 Å². The van der Waals surface area contributed by atoms with E-state index >= 15 is 0 Å². The van der Waals surface area contributed by atoms with Crippen molar-refractivity contribution in [2.75, 3.05) is 42.3 Å². The van der Waals surface area contributed by atoms with Gasteiger partial charge in [-0.3, -0.25) is 4.98 Å². The maximum Gasteiger partial charge on any atom is 0.223 e. The Morgan fingerprint density at radius 1 is 1.14 bits per heavy atom. The largest absolute Gasteiger partial charge is 0.378 e. The molecule has 3 heterocycles. The molecule has 1 unspecified atom stereocenters. The van der Waals surface area contributed by atoms with Crippen LogP contribution in [0.25, 0.3) is 0 Å². The molecule has 2 aromatic heterocycles. The summed E-state index contributed by atoms with van der Waals surface area (Å²) in [7, 11) is 0. The molecule has 0 radical (unpaired) electrons. The molecule has 1 saturated heterocycles. The molecule has 9 heteroatoms. The van der Waals surface area contributed by atoms with E-state index in [2.05, 4.69) is 30.2 Å². The quantitative estimate of drug-likeness (QED) is 0.680. The summed E-state index contributed by atoms with van der Waals surface area (Å²) >= 11 is 0. The first-order chi connectivity index (χ1) is 14.1. The Morgan fingerprint density at radius 2 is 1.90 bits per heavy atom.